The van der Waals surface area contributed by atoms with E-state index in [1.54, 1.807) is 16.8 Å². The number of hydrogen-bond acceptors (Lipinski definition) is 3. The van der Waals surface area contributed by atoms with Crippen LogP contribution in [0.4, 0.5) is 0 Å². The van der Waals surface area contributed by atoms with Gasteiger partial charge in [-0.25, -0.2) is 9.97 Å². The molecule has 74 valence electrons. The Morgan fingerprint density at radius 3 is 2.79 bits per heavy atom. The molecule has 2 heterocycles. The van der Waals surface area contributed by atoms with Gasteiger partial charge in [0.2, 0.25) is 5.78 Å². The summed E-state index contributed by atoms with van der Waals surface area (Å²) in [6, 6.07) is 1.82. The summed E-state index contributed by atoms with van der Waals surface area (Å²) in [5.74, 6) is 0.638. The van der Waals surface area contributed by atoms with Gasteiger partial charge in [0.25, 0.3) is 0 Å². The van der Waals surface area contributed by atoms with Crippen LogP contribution >= 0.6 is 0 Å². The summed E-state index contributed by atoms with van der Waals surface area (Å²) in [6.07, 6.45) is 5.19. The van der Waals surface area contributed by atoms with E-state index in [-0.39, 0.29) is 0 Å². The number of rotatable bonds is 1. The molecule has 0 aliphatic rings. The summed E-state index contributed by atoms with van der Waals surface area (Å²) in [5.41, 5.74) is 6.83. The van der Waals surface area contributed by atoms with Crippen LogP contribution in [0.3, 0.4) is 0 Å². The Hall–Kier alpha value is -1.84. The van der Waals surface area contributed by atoms with Gasteiger partial charge in [-0.1, -0.05) is 20.4 Å². The van der Waals surface area contributed by atoms with Gasteiger partial charge < -0.3 is 5.73 Å². The van der Waals surface area contributed by atoms with Crippen LogP contribution in [0.5, 0.6) is 0 Å². The van der Waals surface area contributed by atoms with Crippen LogP contribution in [0.25, 0.3) is 11.5 Å². The van der Waals surface area contributed by atoms with Gasteiger partial charge in [0, 0.05) is 12.4 Å². The molecule has 0 spiro atoms. The number of hydrogen-bond donors (Lipinski definition) is 1. The Kier molecular flexibility index (Phi) is 3.23. The van der Waals surface area contributed by atoms with E-state index >= 15 is 0 Å². The lowest BCUT2D eigenvalue weighted by atomic mass is 10.4. The van der Waals surface area contributed by atoms with Gasteiger partial charge in [-0.3, -0.25) is 4.40 Å². The minimum absolute atomic E-state index is 0.496. The van der Waals surface area contributed by atoms with Gasteiger partial charge in [0.15, 0.2) is 0 Å². The van der Waals surface area contributed by atoms with Gasteiger partial charge in [-0.15, -0.1) is 0 Å². The zero-order valence-electron chi connectivity index (χ0n) is 8.44. The third-order valence-electron chi connectivity index (χ3n) is 1.62. The van der Waals surface area contributed by atoms with E-state index in [1.807, 2.05) is 26.1 Å². The van der Waals surface area contributed by atoms with Crippen LogP contribution in [0.15, 0.2) is 31.2 Å². The summed E-state index contributed by atoms with van der Waals surface area (Å²) < 4.78 is 1.79. The van der Waals surface area contributed by atoms with Gasteiger partial charge in [0.1, 0.15) is 0 Å². The molecule has 2 N–H and O–H groups in total. The summed E-state index contributed by atoms with van der Waals surface area (Å²) in [5, 5.41) is 0. The van der Waals surface area contributed by atoms with Gasteiger partial charge in [-0.2, -0.15) is 0 Å². The Labute approximate surface area is 83.1 Å². The molecule has 4 nitrogen and oxygen atoms in total. The first kappa shape index (κ1) is 10.2. The summed E-state index contributed by atoms with van der Waals surface area (Å²) in [6.45, 7) is 7.64. The average molecular weight is 190 g/mol. The van der Waals surface area contributed by atoms with Crippen molar-refractivity contribution in [3.63, 3.8) is 0 Å². The quantitative estimate of drug-likeness (QED) is 0.744. The molecule has 0 unspecified atom stereocenters. The van der Waals surface area contributed by atoms with Crippen LogP contribution in [0.2, 0.25) is 0 Å². The number of nitrogens with two attached hydrogens (primary N) is 1. The summed E-state index contributed by atoms with van der Waals surface area (Å²) in [4.78, 5) is 8.09. The molecule has 0 radical (unpaired) electrons. The van der Waals surface area contributed by atoms with Crippen molar-refractivity contribution in [2.45, 2.75) is 13.8 Å². The predicted octanol–water partition coefficient (Wildman–Crippen LogP) is 1.68. The van der Waals surface area contributed by atoms with Crippen molar-refractivity contribution in [3.8, 4) is 0 Å². The highest BCUT2D eigenvalue weighted by Gasteiger charge is 2.02. The normalized spacial score (nSPS) is 9.29. The van der Waals surface area contributed by atoms with Gasteiger partial charge in [0.05, 0.1) is 17.6 Å². The lowest BCUT2D eigenvalue weighted by Crippen LogP contribution is -1.98. The second-order valence-electron chi connectivity index (χ2n) is 2.46. The highest BCUT2D eigenvalue weighted by atomic mass is 15.1. The largest absolute Gasteiger partial charge is 0.397 e. The minimum Gasteiger partial charge on any atom is -0.397 e. The highest BCUT2D eigenvalue weighted by Crippen LogP contribution is 2.07. The molecule has 0 saturated carbocycles. The standard InChI is InChI=1S/C8H8N4.C2H6/c1-6(9)7-5-11-8-10-3-2-4-12(7)8;1-2/h2-5H,1,9H2;1-2H3. The zero-order chi connectivity index (χ0) is 10.6. The highest BCUT2D eigenvalue weighted by molar-refractivity contribution is 5.59. The molecule has 14 heavy (non-hydrogen) atoms. The lowest BCUT2D eigenvalue weighted by molar-refractivity contribution is 1.09. The Bertz CT molecular complexity index is 430. The molecule has 2 aromatic rings. The Balaban J connectivity index is 0.000000461. The summed E-state index contributed by atoms with van der Waals surface area (Å²) in [7, 11) is 0. The maximum Gasteiger partial charge on any atom is 0.234 e. The number of aromatic nitrogens is 3. The smallest absolute Gasteiger partial charge is 0.234 e. The number of fused-ring (bicyclic) bond motifs is 1. The van der Waals surface area contributed by atoms with Crippen molar-refractivity contribution < 1.29 is 0 Å². The molecule has 0 atom stereocenters. The van der Waals surface area contributed by atoms with E-state index in [9.17, 15) is 0 Å². The molecule has 0 amide bonds. The van der Waals surface area contributed by atoms with Gasteiger partial charge in [-0.05, 0) is 6.07 Å². The Morgan fingerprint density at radius 2 is 2.14 bits per heavy atom. The molecule has 2 aromatic heterocycles. The van der Waals surface area contributed by atoms with Crippen LogP contribution in [-0.2, 0) is 0 Å². The van der Waals surface area contributed by atoms with Crippen LogP contribution in [-0.4, -0.2) is 14.4 Å². The molecule has 2 rings (SSSR count). The lowest BCUT2D eigenvalue weighted by Gasteiger charge is -1.97. The van der Waals surface area contributed by atoms with E-state index in [2.05, 4.69) is 16.5 Å². The van der Waals surface area contributed by atoms with Crippen LogP contribution in [0.1, 0.15) is 19.5 Å². The second-order valence-corrected chi connectivity index (χ2v) is 2.46. The third-order valence-corrected chi connectivity index (χ3v) is 1.62. The number of nitrogens with zero attached hydrogens (tertiary/aromatic N) is 3. The van der Waals surface area contributed by atoms with E-state index in [0.717, 1.165) is 5.69 Å². The zero-order valence-corrected chi connectivity index (χ0v) is 8.44. The maximum atomic E-state index is 5.54. The maximum absolute atomic E-state index is 5.54. The van der Waals surface area contributed by atoms with Crippen molar-refractivity contribution in [1.82, 2.24) is 14.4 Å². The fourth-order valence-corrected chi connectivity index (χ4v) is 1.07. The molecule has 0 aliphatic carbocycles. The molecular formula is C10H14N4. The van der Waals surface area contributed by atoms with Crippen molar-refractivity contribution in [2.75, 3.05) is 0 Å². The fourth-order valence-electron chi connectivity index (χ4n) is 1.07. The minimum atomic E-state index is 0.496. The summed E-state index contributed by atoms with van der Waals surface area (Å²) >= 11 is 0. The molecule has 0 bridgehead atoms. The first-order valence-electron chi connectivity index (χ1n) is 4.52. The fraction of sp³-hybridized carbons (Fsp3) is 0.200. The topological polar surface area (TPSA) is 56.2 Å². The van der Waals surface area contributed by atoms with Crippen LogP contribution < -0.4 is 5.73 Å². The van der Waals surface area contributed by atoms with E-state index in [1.165, 1.54) is 0 Å². The van der Waals surface area contributed by atoms with Crippen molar-refractivity contribution >= 4 is 11.5 Å². The van der Waals surface area contributed by atoms with Crippen LogP contribution in [0, 0.1) is 0 Å². The molecule has 0 aromatic carbocycles. The second kappa shape index (κ2) is 4.41. The molecular weight excluding hydrogens is 176 g/mol. The van der Waals surface area contributed by atoms with Gasteiger partial charge >= 0.3 is 0 Å². The van der Waals surface area contributed by atoms with E-state index in [4.69, 9.17) is 5.73 Å². The third kappa shape index (κ3) is 1.74. The molecule has 0 saturated heterocycles. The number of imidazole rings is 1. The van der Waals surface area contributed by atoms with E-state index in [0.29, 0.717) is 11.5 Å². The average Bonchev–Trinajstić information content (AvgIpc) is 2.64. The molecule has 4 heteroatoms. The predicted molar refractivity (Wildman–Crippen MR) is 57.6 cm³/mol. The first-order chi connectivity index (χ1) is 6.79. The van der Waals surface area contributed by atoms with Crippen molar-refractivity contribution in [2.24, 2.45) is 5.73 Å². The monoisotopic (exact) mass is 190 g/mol. The molecule has 0 aliphatic heterocycles. The molecule has 0 fully saturated rings. The SMILES string of the molecule is C=C(N)c1cnc2ncccn12.CC. The van der Waals surface area contributed by atoms with Crippen molar-refractivity contribution in [3.05, 3.63) is 36.9 Å². The first-order valence-corrected chi connectivity index (χ1v) is 4.52. The Morgan fingerprint density at radius 1 is 1.43 bits per heavy atom. The van der Waals surface area contributed by atoms with Crippen molar-refractivity contribution in [1.29, 1.82) is 0 Å². The van der Waals surface area contributed by atoms with E-state index < -0.39 is 0 Å².